The number of hydrogen-bond acceptors (Lipinski definition) is 3. The summed E-state index contributed by atoms with van der Waals surface area (Å²) in [6.45, 7) is 0.730. The van der Waals surface area contributed by atoms with Crippen LogP contribution in [0.1, 0.15) is 10.4 Å². The fraction of sp³-hybridized carbons (Fsp3) is 0.200. The van der Waals surface area contributed by atoms with Gasteiger partial charge in [-0.05, 0) is 40.8 Å². The van der Waals surface area contributed by atoms with Crippen LogP contribution in [-0.4, -0.2) is 27.4 Å². The first-order valence-electron chi connectivity index (χ1n) is 4.42. The third kappa shape index (κ3) is 2.51. The molecule has 78 valence electrons. The highest BCUT2D eigenvalue weighted by atomic mass is 127. The van der Waals surface area contributed by atoms with Crippen LogP contribution < -0.4 is 0 Å². The number of thiocarbonyl (C=S) groups is 1. The summed E-state index contributed by atoms with van der Waals surface area (Å²) in [5.41, 5.74) is 0.715. The lowest BCUT2D eigenvalue weighted by molar-refractivity contribution is 0.0861. The predicted molar refractivity (Wildman–Crippen MR) is 75.3 cm³/mol. The maximum Gasteiger partial charge on any atom is 0.259 e. The van der Waals surface area contributed by atoms with E-state index in [1.807, 2.05) is 24.3 Å². The topological polar surface area (TPSA) is 20.3 Å². The van der Waals surface area contributed by atoms with Gasteiger partial charge in [-0.1, -0.05) is 30.0 Å². The van der Waals surface area contributed by atoms with Gasteiger partial charge in [0, 0.05) is 21.4 Å². The summed E-state index contributed by atoms with van der Waals surface area (Å²) in [5.74, 6) is 0.928. The van der Waals surface area contributed by atoms with Crippen molar-refractivity contribution in [2.24, 2.45) is 0 Å². The first-order chi connectivity index (χ1) is 7.18. The molecule has 0 unspecified atom stereocenters. The van der Waals surface area contributed by atoms with Gasteiger partial charge >= 0.3 is 0 Å². The molecule has 0 saturated carbocycles. The lowest BCUT2D eigenvalue weighted by Crippen LogP contribution is -2.30. The standard InChI is InChI=1S/C10H8INOS2/c11-8-3-1-2-7(6-8)9(13)12-4-5-15-10(12)14/h1-3,6H,4-5H2. The van der Waals surface area contributed by atoms with Crippen molar-refractivity contribution in [2.75, 3.05) is 12.3 Å². The summed E-state index contributed by atoms with van der Waals surface area (Å²) < 4.78 is 1.76. The van der Waals surface area contributed by atoms with Crippen molar-refractivity contribution < 1.29 is 4.79 Å². The number of carbonyl (C=O) groups excluding carboxylic acids is 1. The number of halogens is 1. The van der Waals surface area contributed by atoms with Gasteiger partial charge in [0.15, 0.2) is 0 Å². The average Bonchev–Trinajstić information content (AvgIpc) is 2.63. The second-order valence-corrected chi connectivity index (χ2v) is 6.06. The van der Waals surface area contributed by atoms with Crippen LogP contribution >= 0.6 is 46.6 Å². The van der Waals surface area contributed by atoms with Crippen molar-refractivity contribution in [2.45, 2.75) is 0 Å². The summed E-state index contributed by atoms with van der Waals surface area (Å²) in [5, 5.41) is 0. The molecule has 1 amide bonds. The molecule has 2 nitrogen and oxygen atoms in total. The van der Waals surface area contributed by atoms with E-state index < -0.39 is 0 Å². The molecule has 1 fully saturated rings. The molecule has 0 N–H and O–H groups in total. The second-order valence-electron chi connectivity index (χ2n) is 3.08. The Morgan fingerprint density at radius 2 is 2.33 bits per heavy atom. The van der Waals surface area contributed by atoms with Gasteiger partial charge in [0.25, 0.3) is 5.91 Å². The lowest BCUT2D eigenvalue weighted by Gasteiger charge is -2.14. The van der Waals surface area contributed by atoms with Crippen molar-refractivity contribution in [1.82, 2.24) is 4.90 Å². The van der Waals surface area contributed by atoms with Crippen LogP contribution in [0.2, 0.25) is 0 Å². The fourth-order valence-electron chi connectivity index (χ4n) is 1.36. The van der Waals surface area contributed by atoms with Crippen LogP contribution in [0.5, 0.6) is 0 Å². The van der Waals surface area contributed by atoms with Crippen molar-refractivity contribution in [1.29, 1.82) is 0 Å². The highest BCUT2D eigenvalue weighted by Gasteiger charge is 2.24. The van der Waals surface area contributed by atoms with Gasteiger partial charge in [-0.2, -0.15) is 0 Å². The van der Waals surface area contributed by atoms with E-state index in [-0.39, 0.29) is 5.91 Å². The van der Waals surface area contributed by atoms with Crippen LogP contribution in [0.4, 0.5) is 0 Å². The Kier molecular flexibility index (Phi) is 3.63. The molecule has 0 radical (unpaired) electrons. The Bertz CT molecular complexity index is 422. The normalized spacial score (nSPS) is 15.8. The quantitative estimate of drug-likeness (QED) is 0.575. The van der Waals surface area contributed by atoms with E-state index in [1.54, 1.807) is 16.7 Å². The summed E-state index contributed by atoms with van der Waals surface area (Å²) in [6, 6.07) is 7.57. The Morgan fingerprint density at radius 1 is 1.53 bits per heavy atom. The van der Waals surface area contributed by atoms with Gasteiger partial charge < -0.3 is 0 Å². The van der Waals surface area contributed by atoms with Crippen LogP contribution in [0.3, 0.4) is 0 Å². The number of rotatable bonds is 1. The van der Waals surface area contributed by atoms with E-state index in [2.05, 4.69) is 22.6 Å². The molecular weight excluding hydrogens is 341 g/mol. The highest BCUT2D eigenvalue weighted by Crippen LogP contribution is 2.20. The largest absolute Gasteiger partial charge is 0.293 e. The molecule has 2 rings (SSSR count). The Balaban J connectivity index is 2.24. The van der Waals surface area contributed by atoms with Crippen LogP contribution in [0.25, 0.3) is 0 Å². The van der Waals surface area contributed by atoms with Crippen molar-refractivity contribution in [3.8, 4) is 0 Å². The summed E-state index contributed by atoms with van der Waals surface area (Å²) in [4.78, 5) is 13.7. The lowest BCUT2D eigenvalue weighted by atomic mass is 10.2. The van der Waals surface area contributed by atoms with Gasteiger partial charge in [0.05, 0.1) is 0 Å². The third-order valence-electron chi connectivity index (χ3n) is 2.08. The molecule has 0 aliphatic carbocycles. The molecule has 15 heavy (non-hydrogen) atoms. The number of hydrogen-bond donors (Lipinski definition) is 0. The molecule has 5 heteroatoms. The van der Waals surface area contributed by atoms with Gasteiger partial charge in [-0.3, -0.25) is 9.69 Å². The van der Waals surface area contributed by atoms with Crippen molar-refractivity contribution >= 4 is 56.8 Å². The van der Waals surface area contributed by atoms with Crippen molar-refractivity contribution in [3.05, 3.63) is 33.4 Å². The van der Waals surface area contributed by atoms with Crippen LogP contribution in [0, 0.1) is 3.57 Å². The summed E-state index contributed by atoms with van der Waals surface area (Å²) in [6.07, 6.45) is 0. The van der Waals surface area contributed by atoms with Gasteiger partial charge in [-0.25, -0.2) is 0 Å². The van der Waals surface area contributed by atoms with Gasteiger partial charge in [-0.15, -0.1) is 0 Å². The minimum absolute atomic E-state index is 0.0171. The number of carbonyl (C=O) groups is 1. The summed E-state index contributed by atoms with van der Waals surface area (Å²) >= 11 is 8.88. The molecule has 1 aliphatic heterocycles. The first kappa shape index (κ1) is 11.3. The predicted octanol–water partition coefficient (Wildman–Crippen LogP) is 2.77. The molecule has 1 heterocycles. The zero-order chi connectivity index (χ0) is 10.8. The molecule has 0 aromatic heterocycles. The molecule has 1 saturated heterocycles. The maximum absolute atomic E-state index is 12.0. The first-order valence-corrected chi connectivity index (χ1v) is 6.90. The summed E-state index contributed by atoms with van der Waals surface area (Å²) in [7, 11) is 0. The third-order valence-corrected chi connectivity index (χ3v) is 4.18. The van der Waals surface area contributed by atoms with E-state index in [0.717, 1.165) is 15.9 Å². The monoisotopic (exact) mass is 349 g/mol. The molecule has 0 spiro atoms. The molecular formula is C10H8INOS2. The minimum Gasteiger partial charge on any atom is -0.293 e. The Labute approximate surface area is 112 Å². The second kappa shape index (κ2) is 4.80. The van der Waals surface area contributed by atoms with Crippen LogP contribution in [-0.2, 0) is 0 Å². The molecule has 0 bridgehead atoms. The Morgan fingerprint density at radius 3 is 2.93 bits per heavy atom. The molecule has 0 atom stereocenters. The van der Waals surface area contributed by atoms with Gasteiger partial charge in [0.1, 0.15) is 4.32 Å². The zero-order valence-corrected chi connectivity index (χ0v) is 11.6. The smallest absolute Gasteiger partial charge is 0.259 e. The highest BCUT2D eigenvalue weighted by molar-refractivity contribution is 14.1. The average molecular weight is 349 g/mol. The molecule has 1 aromatic carbocycles. The van der Waals surface area contributed by atoms with E-state index in [1.165, 1.54) is 0 Å². The van der Waals surface area contributed by atoms with Crippen molar-refractivity contribution in [3.63, 3.8) is 0 Å². The number of benzene rings is 1. The Hall–Kier alpha value is -0.140. The van der Waals surface area contributed by atoms with Gasteiger partial charge in [0.2, 0.25) is 0 Å². The van der Waals surface area contributed by atoms with E-state index in [4.69, 9.17) is 12.2 Å². The van der Waals surface area contributed by atoms with E-state index in [9.17, 15) is 4.79 Å². The maximum atomic E-state index is 12.0. The fourth-order valence-corrected chi connectivity index (χ4v) is 3.10. The number of amides is 1. The number of thioether (sulfide) groups is 1. The molecule has 1 aliphatic rings. The van der Waals surface area contributed by atoms with E-state index >= 15 is 0 Å². The zero-order valence-electron chi connectivity index (χ0n) is 7.77. The minimum atomic E-state index is 0.0171. The SMILES string of the molecule is O=C(c1cccc(I)c1)N1CCSC1=S. The van der Waals surface area contributed by atoms with Crippen LogP contribution in [0.15, 0.2) is 24.3 Å². The van der Waals surface area contributed by atoms with E-state index in [0.29, 0.717) is 9.88 Å². The number of nitrogens with zero attached hydrogens (tertiary/aromatic N) is 1. The molecule has 1 aromatic rings.